The molecule has 0 saturated heterocycles. The van der Waals surface area contributed by atoms with Gasteiger partial charge in [0.05, 0.1) is 12.0 Å². The first-order valence-electron chi connectivity index (χ1n) is 7.66. The van der Waals surface area contributed by atoms with Crippen molar-refractivity contribution >= 4 is 20.9 Å². The van der Waals surface area contributed by atoms with Crippen molar-refractivity contribution in [3.63, 3.8) is 0 Å². The molecule has 3 N–H and O–H groups in total. The molecule has 1 aromatic heterocycles. The van der Waals surface area contributed by atoms with Gasteiger partial charge in [-0.2, -0.15) is 0 Å². The molecule has 0 aliphatic heterocycles. The fourth-order valence-electron chi connectivity index (χ4n) is 3.04. The van der Waals surface area contributed by atoms with Gasteiger partial charge in [-0.1, -0.05) is 25.1 Å². The van der Waals surface area contributed by atoms with Crippen LogP contribution in [0.3, 0.4) is 0 Å². The molecule has 0 saturated carbocycles. The SMILES string of the molecule is COc1ccc(S(N)(=O)=O)c(C(C)Cc2c[nH]c3ccccc23)c1. The first kappa shape index (κ1) is 16.5. The summed E-state index contributed by atoms with van der Waals surface area (Å²) < 4.78 is 29.0. The summed E-state index contributed by atoms with van der Waals surface area (Å²) in [5, 5.41) is 6.52. The van der Waals surface area contributed by atoms with Crippen LogP contribution in [0.25, 0.3) is 10.9 Å². The predicted molar refractivity (Wildman–Crippen MR) is 94.8 cm³/mol. The number of nitrogens with two attached hydrogens (primary N) is 1. The first-order chi connectivity index (χ1) is 11.4. The molecule has 0 aliphatic carbocycles. The van der Waals surface area contributed by atoms with Gasteiger partial charge in [0.25, 0.3) is 0 Å². The van der Waals surface area contributed by atoms with Crippen molar-refractivity contribution in [2.75, 3.05) is 7.11 Å². The molecule has 3 aromatic rings. The van der Waals surface area contributed by atoms with E-state index in [0.717, 1.165) is 16.5 Å². The number of fused-ring (bicyclic) bond motifs is 1. The third-order valence-electron chi connectivity index (χ3n) is 4.26. The van der Waals surface area contributed by atoms with E-state index in [2.05, 4.69) is 11.1 Å². The van der Waals surface area contributed by atoms with Crippen LogP contribution in [0.4, 0.5) is 0 Å². The Hall–Kier alpha value is -2.31. The van der Waals surface area contributed by atoms with E-state index in [1.165, 1.54) is 6.07 Å². The Balaban J connectivity index is 2.01. The molecule has 0 bridgehead atoms. The lowest BCUT2D eigenvalue weighted by Crippen LogP contribution is -2.16. The molecule has 2 aromatic carbocycles. The summed E-state index contributed by atoms with van der Waals surface area (Å²) in [6.07, 6.45) is 2.66. The molecule has 1 unspecified atom stereocenters. The molecule has 1 heterocycles. The zero-order valence-electron chi connectivity index (χ0n) is 13.6. The summed E-state index contributed by atoms with van der Waals surface area (Å²) in [5.41, 5.74) is 2.88. The van der Waals surface area contributed by atoms with Crippen molar-refractivity contribution in [2.45, 2.75) is 24.2 Å². The van der Waals surface area contributed by atoms with Gasteiger partial charge in [-0.3, -0.25) is 0 Å². The van der Waals surface area contributed by atoms with Gasteiger partial charge in [-0.25, -0.2) is 13.6 Å². The molecule has 0 amide bonds. The highest BCUT2D eigenvalue weighted by Gasteiger charge is 2.20. The van der Waals surface area contributed by atoms with Crippen LogP contribution in [0.2, 0.25) is 0 Å². The summed E-state index contributed by atoms with van der Waals surface area (Å²) >= 11 is 0. The molecule has 3 rings (SSSR count). The number of hydrogen-bond acceptors (Lipinski definition) is 3. The van der Waals surface area contributed by atoms with E-state index in [1.807, 2.05) is 31.3 Å². The van der Waals surface area contributed by atoms with E-state index in [-0.39, 0.29) is 10.8 Å². The van der Waals surface area contributed by atoms with Gasteiger partial charge in [-0.05, 0) is 47.7 Å². The smallest absolute Gasteiger partial charge is 0.238 e. The Bertz CT molecular complexity index is 977. The number of benzene rings is 2. The van der Waals surface area contributed by atoms with Crippen LogP contribution in [0.15, 0.2) is 53.6 Å². The maximum Gasteiger partial charge on any atom is 0.238 e. The molecule has 1 atom stereocenters. The molecule has 6 heteroatoms. The van der Waals surface area contributed by atoms with Crippen molar-refractivity contribution in [3.8, 4) is 5.75 Å². The number of rotatable bonds is 5. The number of H-pyrrole nitrogens is 1. The number of primary sulfonamides is 1. The number of hydrogen-bond donors (Lipinski definition) is 2. The van der Waals surface area contributed by atoms with Gasteiger partial charge in [0.2, 0.25) is 10.0 Å². The number of methoxy groups -OCH3 is 1. The highest BCUT2D eigenvalue weighted by atomic mass is 32.2. The minimum atomic E-state index is -3.79. The van der Waals surface area contributed by atoms with Crippen LogP contribution >= 0.6 is 0 Å². The topological polar surface area (TPSA) is 85.2 Å². The molecule has 0 radical (unpaired) electrons. The van der Waals surface area contributed by atoms with Gasteiger partial charge >= 0.3 is 0 Å². The molecule has 0 spiro atoms. The maximum absolute atomic E-state index is 11.9. The van der Waals surface area contributed by atoms with Crippen LogP contribution in [-0.4, -0.2) is 20.5 Å². The highest BCUT2D eigenvalue weighted by molar-refractivity contribution is 7.89. The molecule has 0 aliphatic rings. The molecular weight excluding hydrogens is 324 g/mol. The lowest BCUT2D eigenvalue weighted by atomic mass is 9.93. The van der Waals surface area contributed by atoms with Gasteiger partial charge in [0.15, 0.2) is 0 Å². The Morgan fingerprint density at radius 2 is 1.96 bits per heavy atom. The normalized spacial score (nSPS) is 13.1. The zero-order chi connectivity index (χ0) is 17.3. The van der Waals surface area contributed by atoms with E-state index < -0.39 is 10.0 Å². The molecular formula is C18H20N2O3S. The molecule has 126 valence electrons. The lowest BCUT2D eigenvalue weighted by molar-refractivity contribution is 0.413. The van der Waals surface area contributed by atoms with Crippen molar-refractivity contribution in [1.82, 2.24) is 4.98 Å². The number of aromatic nitrogens is 1. The van der Waals surface area contributed by atoms with E-state index in [4.69, 9.17) is 9.88 Å². The van der Waals surface area contributed by atoms with Gasteiger partial charge in [0.1, 0.15) is 5.75 Å². The van der Waals surface area contributed by atoms with Crippen molar-refractivity contribution in [3.05, 3.63) is 59.8 Å². The monoisotopic (exact) mass is 344 g/mol. The van der Waals surface area contributed by atoms with Crippen LogP contribution < -0.4 is 9.88 Å². The molecule has 24 heavy (non-hydrogen) atoms. The fourth-order valence-corrected chi connectivity index (χ4v) is 3.88. The Morgan fingerprint density at radius 1 is 1.21 bits per heavy atom. The average Bonchev–Trinajstić information content (AvgIpc) is 2.96. The van der Waals surface area contributed by atoms with E-state index >= 15 is 0 Å². The van der Waals surface area contributed by atoms with Crippen LogP contribution in [0.1, 0.15) is 24.0 Å². The van der Waals surface area contributed by atoms with Gasteiger partial charge in [0, 0.05) is 17.1 Å². The average molecular weight is 344 g/mol. The second-order valence-electron chi connectivity index (χ2n) is 5.91. The maximum atomic E-state index is 11.9. The van der Waals surface area contributed by atoms with Crippen molar-refractivity contribution in [1.29, 1.82) is 0 Å². The summed E-state index contributed by atoms with van der Waals surface area (Å²) in [4.78, 5) is 3.39. The van der Waals surface area contributed by atoms with Gasteiger partial charge < -0.3 is 9.72 Å². The fraction of sp³-hybridized carbons (Fsp3) is 0.222. The van der Waals surface area contributed by atoms with Crippen LogP contribution in [-0.2, 0) is 16.4 Å². The quantitative estimate of drug-likeness (QED) is 0.745. The standard InChI is InChI=1S/C18H20N2O3S/c1-12(9-13-11-20-17-6-4-3-5-15(13)17)16-10-14(23-2)7-8-18(16)24(19,21)22/h3-8,10-12,20H,9H2,1-2H3,(H2,19,21,22). The summed E-state index contributed by atoms with van der Waals surface area (Å²) in [5.74, 6) is 0.579. The third kappa shape index (κ3) is 3.16. The second kappa shape index (κ2) is 6.30. The Kier molecular flexibility index (Phi) is 4.34. The summed E-state index contributed by atoms with van der Waals surface area (Å²) in [6.45, 7) is 1.99. The Labute approximate surface area is 141 Å². The highest BCUT2D eigenvalue weighted by Crippen LogP contribution is 2.31. The van der Waals surface area contributed by atoms with Crippen molar-refractivity contribution < 1.29 is 13.2 Å². The largest absolute Gasteiger partial charge is 0.497 e. The van der Waals surface area contributed by atoms with E-state index in [1.54, 1.807) is 19.2 Å². The predicted octanol–water partition coefficient (Wildman–Crippen LogP) is 3.17. The van der Waals surface area contributed by atoms with Crippen molar-refractivity contribution in [2.24, 2.45) is 5.14 Å². The van der Waals surface area contributed by atoms with E-state index in [0.29, 0.717) is 17.7 Å². The molecule has 5 nitrogen and oxygen atoms in total. The second-order valence-corrected chi connectivity index (χ2v) is 7.44. The van der Waals surface area contributed by atoms with E-state index in [9.17, 15) is 8.42 Å². The van der Waals surface area contributed by atoms with Crippen LogP contribution in [0, 0.1) is 0 Å². The third-order valence-corrected chi connectivity index (χ3v) is 5.24. The first-order valence-corrected chi connectivity index (χ1v) is 9.20. The summed E-state index contributed by atoms with van der Waals surface area (Å²) in [7, 11) is -2.23. The number of sulfonamides is 1. The zero-order valence-corrected chi connectivity index (χ0v) is 14.4. The number of para-hydroxylation sites is 1. The number of ether oxygens (including phenoxy) is 1. The Morgan fingerprint density at radius 3 is 2.67 bits per heavy atom. The van der Waals surface area contributed by atoms with Crippen LogP contribution in [0.5, 0.6) is 5.75 Å². The lowest BCUT2D eigenvalue weighted by Gasteiger charge is -2.16. The number of aromatic amines is 1. The van der Waals surface area contributed by atoms with Gasteiger partial charge in [-0.15, -0.1) is 0 Å². The molecule has 0 fully saturated rings. The minimum Gasteiger partial charge on any atom is -0.497 e. The minimum absolute atomic E-state index is 0.0346. The summed E-state index contributed by atoms with van der Waals surface area (Å²) in [6, 6.07) is 12.9. The number of nitrogens with one attached hydrogen (secondary N) is 1.